The van der Waals surface area contributed by atoms with Crippen molar-refractivity contribution in [3.8, 4) is 0 Å². The van der Waals surface area contributed by atoms with E-state index in [0.29, 0.717) is 38.0 Å². The van der Waals surface area contributed by atoms with Gasteiger partial charge in [0.1, 0.15) is 5.76 Å². The second kappa shape index (κ2) is 8.09. The summed E-state index contributed by atoms with van der Waals surface area (Å²) in [5, 5.41) is 6.99. The van der Waals surface area contributed by atoms with Crippen LogP contribution < -0.4 is 5.32 Å². The first-order valence-corrected chi connectivity index (χ1v) is 8.63. The Balaban J connectivity index is 1.52. The maximum absolute atomic E-state index is 12.1. The lowest BCUT2D eigenvalue weighted by atomic mass is 9.81. The van der Waals surface area contributed by atoms with E-state index in [-0.39, 0.29) is 11.8 Å². The van der Waals surface area contributed by atoms with Crippen LogP contribution in [0.3, 0.4) is 0 Å². The zero-order chi connectivity index (χ0) is 16.9. The Morgan fingerprint density at radius 3 is 3.08 bits per heavy atom. The van der Waals surface area contributed by atoms with Gasteiger partial charge in [-0.3, -0.25) is 9.69 Å². The van der Waals surface area contributed by atoms with Gasteiger partial charge >= 0.3 is 0 Å². The van der Waals surface area contributed by atoms with E-state index in [1.807, 2.05) is 13.0 Å². The highest BCUT2D eigenvalue weighted by Gasteiger charge is 2.41. The molecule has 1 amide bonds. The Labute approximate surface area is 142 Å². The molecule has 0 radical (unpaired) electrons. The van der Waals surface area contributed by atoms with Crippen molar-refractivity contribution in [3.05, 3.63) is 17.5 Å². The first kappa shape index (κ1) is 17.4. The molecule has 0 spiro atoms. The second-order valence-corrected chi connectivity index (χ2v) is 6.89. The summed E-state index contributed by atoms with van der Waals surface area (Å²) < 4.78 is 15.9. The second-order valence-electron chi connectivity index (χ2n) is 6.89. The Kier molecular flexibility index (Phi) is 5.86. The molecule has 7 nitrogen and oxygen atoms in total. The van der Waals surface area contributed by atoms with Crippen molar-refractivity contribution in [2.24, 2.45) is 17.8 Å². The average Bonchev–Trinajstić information content (AvgIpc) is 3.14. The molecular formula is C17H27N3O4. The topological polar surface area (TPSA) is 76.8 Å². The molecule has 1 aromatic rings. The van der Waals surface area contributed by atoms with Crippen LogP contribution in [0.1, 0.15) is 17.9 Å². The number of rotatable bonds is 7. The number of carbonyl (C=O) groups excluding carboxylic acids is 1. The van der Waals surface area contributed by atoms with Gasteiger partial charge in [0, 0.05) is 45.8 Å². The molecule has 0 saturated carbocycles. The maximum Gasteiger partial charge on any atom is 0.220 e. The van der Waals surface area contributed by atoms with Gasteiger partial charge < -0.3 is 19.3 Å². The van der Waals surface area contributed by atoms with E-state index in [1.54, 1.807) is 7.11 Å². The monoisotopic (exact) mass is 337 g/mol. The molecule has 3 heterocycles. The highest BCUT2D eigenvalue weighted by atomic mass is 16.5. The fourth-order valence-electron chi connectivity index (χ4n) is 3.86. The average molecular weight is 337 g/mol. The van der Waals surface area contributed by atoms with Gasteiger partial charge in [0.25, 0.3) is 0 Å². The molecule has 7 heteroatoms. The van der Waals surface area contributed by atoms with E-state index in [4.69, 9.17) is 14.0 Å². The molecule has 0 unspecified atom stereocenters. The Morgan fingerprint density at radius 1 is 1.46 bits per heavy atom. The highest BCUT2D eigenvalue weighted by molar-refractivity contribution is 5.76. The molecule has 24 heavy (non-hydrogen) atoms. The first-order valence-electron chi connectivity index (χ1n) is 8.63. The number of fused-ring (bicyclic) bond motifs is 1. The van der Waals surface area contributed by atoms with Crippen molar-refractivity contribution < 1.29 is 18.8 Å². The molecule has 3 atom stereocenters. The molecule has 1 N–H and O–H groups in total. The maximum atomic E-state index is 12.1. The fraction of sp³-hybridized carbons (Fsp3) is 0.765. The summed E-state index contributed by atoms with van der Waals surface area (Å²) in [6.45, 7) is 7.28. The van der Waals surface area contributed by atoms with E-state index < -0.39 is 0 Å². The van der Waals surface area contributed by atoms with Crippen molar-refractivity contribution in [2.75, 3.05) is 46.6 Å². The largest absolute Gasteiger partial charge is 0.383 e. The Hall–Kier alpha value is -1.44. The van der Waals surface area contributed by atoms with Crippen molar-refractivity contribution in [2.45, 2.75) is 19.9 Å². The smallest absolute Gasteiger partial charge is 0.220 e. The van der Waals surface area contributed by atoms with Gasteiger partial charge in [0.15, 0.2) is 0 Å². The lowest BCUT2D eigenvalue weighted by Crippen LogP contribution is -2.38. The van der Waals surface area contributed by atoms with Gasteiger partial charge in [-0.15, -0.1) is 0 Å². The van der Waals surface area contributed by atoms with Crippen LogP contribution in [0.2, 0.25) is 0 Å². The SMILES string of the molecule is COCCNC(=O)C[C@@H]1COC[C@H]2CN(Cc3cc(C)on3)C[C@@H]12. The number of methoxy groups -OCH3 is 1. The number of aryl methyl sites for hydroxylation is 1. The standard InChI is InChI=1S/C17H27N3O4/c1-12-5-15(19-24-12)8-20-7-14-11-23-10-13(16(14)9-20)6-17(21)18-3-4-22-2/h5,13-14,16H,3-4,6-11H2,1-2H3,(H,18,21)/t13-,14-,16+/m1/s1. The zero-order valence-corrected chi connectivity index (χ0v) is 14.5. The Bertz CT molecular complexity index is 548. The minimum absolute atomic E-state index is 0.0897. The van der Waals surface area contributed by atoms with Crippen LogP contribution in [0, 0.1) is 24.7 Å². The number of nitrogens with zero attached hydrogens (tertiary/aromatic N) is 2. The van der Waals surface area contributed by atoms with E-state index in [2.05, 4.69) is 15.4 Å². The van der Waals surface area contributed by atoms with Crippen LogP contribution in [0.15, 0.2) is 10.6 Å². The van der Waals surface area contributed by atoms with Gasteiger partial charge in [-0.05, 0) is 24.7 Å². The quantitative estimate of drug-likeness (QED) is 0.743. The van der Waals surface area contributed by atoms with Gasteiger partial charge in [-0.1, -0.05) is 5.16 Å². The van der Waals surface area contributed by atoms with Crippen LogP contribution >= 0.6 is 0 Å². The van der Waals surface area contributed by atoms with Crippen molar-refractivity contribution in [1.82, 2.24) is 15.4 Å². The summed E-state index contributed by atoms with van der Waals surface area (Å²) in [5.41, 5.74) is 0.973. The summed E-state index contributed by atoms with van der Waals surface area (Å²) >= 11 is 0. The van der Waals surface area contributed by atoms with Crippen molar-refractivity contribution in [1.29, 1.82) is 0 Å². The minimum atomic E-state index is 0.0897. The van der Waals surface area contributed by atoms with Gasteiger partial charge in [0.2, 0.25) is 5.91 Å². The molecule has 2 aliphatic rings. The summed E-state index contributed by atoms with van der Waals surface area (Å²) in [5.74, 6) is 2.24. The fourth-order valence-corrected chi connectivity index (χ4v) is 3.86. The summed E-state index contributed by atoms with van der Waals surface area (Å²) in [7, 11) is 1.63. The van der Waals surface area contributed by atoms with E-state index in [9.17, 15) is 4.79 Å². The molecule has 1 aromatic heterocycles. The van der Waals surface area contributed by atoms with Crippen molar-refractivity contribution >= 4 is 5.91 Å². The Morgan fingerprint density at radius 2 is 2.33 bits per heavy atom. The summed E-state index contributed by atoms with van der Waals surface area (Å²) in [6, 6.07) is 1.99. The van der Waals surface area contributed by atoms with E-state index >= 15 is 0 Å². The summed E-state index contributed by atoms with van der Waals surface area (Å²) in [6.07, 6.45) is 0.530. The molecule has 3 rings (SSSR count). The molecule has 2 fully saturated rings. The first-order chi connectivity index (χ1) is 11.7. The molecule has 2 aliphatic heterocycles. The number of hydrogen-bond donors (Lipinski definition) is 1. The molecule has 2 saturated heterocycles. The predicted octanol–water partition coefficient (Wildman–Crippen LogP) is 0.830. The lowest BCUT2D eigenvalue weighted by Gasteiger charge is -2.32. The third-order valence-corrected chi connectivity index (χ3v) is 4.97. The molecule has 134 valence electrons. The number of carbonyl (C=O) groups is 1. The third kappa shape index (κ3) is 4.34. The zero-order valence-electron chi connectivity index (χ0n) is 14.5. The number of likely N-dealkylation sites (tertiary alicyclic amines) is 1. The van der Waals surface area contributed by atoms with Gasteiger partial charge in [-0.25, -0.2) is 0 Å². The van der Waals surface area contributed by atoms with Crippen molar-refractivity contribution in [3.63, 3.8) is 0 Å². The number of amides is 1. The highest BCUT2D eigenvalue weighted by Crippen LogP contribution is 2.36. The normalized spacial score (nSPS) is 27.2. The van der Waals surface area contributed by atoms with Gasteiger partial charge in [0.05, 0.1) is 25.5 Å². The number of nitrogens with one attached hydrogen (secondary N) is 1. The predicted molar refractivity (Wildman–Crippen MR) is 87.3 cm³/mol. The molecule has 0 aliphatic carbocycles. The summed E-state index contributed by atoms with van der Waals surface area (Å²) in [4.78, 5) is 14.5. The number of aromatic nitrogens is 1. The lowest BCUT2D eigenvalue weighted by molar-refractivity contribution is -0.124. The van der Waals surface area contributed by atoms with Crippen LogP contribution in [0.25, 0.3) is 0 Å². The van der Waals surface area contributed by atoms with Crippen LogP contribution in [0.5, 0.6) is 0 Å². The number of ether oxygens (including phenoxy) is 2. The van der Waals surface area contributed by atoms with Crippen LogP contribution in [0.4, 0.5) is 0 Å². The number of hydrogen-bond acceptors (Lipinski definition) is 6. The molecule has 0 bridgehead atoms. The minimum Gasteiger partial charge on any atom is -0.383 e. The molecule has 0 aromatic carbocycles. The van der Waals surface area contributed by atoms with E-state index in [1.165, 1.54) is 0 Å². The van der Waals surface area contributed by atoms with E-state index in [0.717, 1.165) is 37.7 Å². The third-order valence-electron chi connectivity index (χ3n) is 4.97. The van der Waals surface area contributed by atoms with Gasteiger partial charge in [-0.2, -0.15) is 0 Å². The molecular weight excluding hydrogens is 310 g/mol. The van der Waals surface area contributed by atoms with Crippen LogP contribution in [-0.4, -0.2) is 62.5 Å². The van der Waals surface area contributed by atoms with Crippen LogP contribution in [-0.2, 0) is 20.8 Å².